The lowest BCUT2D eigenvalue weighted by atomic mass is 10.2. The third-order valence-corrected chi connectivity index (χ3v) is 3.69. The van der Waals surface area contributed by atoms with Gasteiger partial charge in [-0.05, 0) is 30.7 Å². The molecule has 0 saturated heterocycles. The average Bonchev–Trinajstić information content (AvgIpc) is 2.64. The highest BCUT2D eigenvalue weighted by Crippen LogP contribution is 2.26. The van der Waals surface area contributed by atoms with Crippen LogP contribution >= 0.6 is 0 Å². The molecule has 8 heteroatoms. The van der Waals surface area contributed by atoms with E-state index < -0.39 is 11.7 Å². The minimum atomic E-state index is -0.644. The maximum atomic E-state index is 13.6. The summed E-state index contributed by atoms with van der Waals surface area (Å²) in [5.41, 5.74) is 13.0. The summed E-state index contributed by atoms with van der Waals surface area (Å²) < 4.78 is 13.6. The fourth-order valence-corrected chi connectivity index (χ4v) is 2.26. The van der Waals surface area contributed by atoms with Gasteiger partial charge in [-0.1, -0.05) is 30.3 Å². The van der Waals surface area contributed by atoms with Crippen LogP contribution in [-0.4, -0.2) is 15.9 Å². The molecule has 3 aromatic rings. The van der Waals surface area contributed by atoms with E-state index >= 15 is 0 Å². The van der Waals surface area contributed by atoms with E-state index in [9.17, 15) is 9.18 Å². The van der Waals surface area contributed by atoms with E-state index in [-0.39, 0.29) is 17.1 Å². The van der Waals surface area contributed by atoms with Crippen LogP contribution in [0.5, 0.6) is 0 Å². The topological polar surface area (TPSA) is 105 Å². The van der Waals surface area contributed by atoms with Gasteiger partial charge in [0.25, 0.3) is 5.91 Å². The van der Waals surface area contributed by atoms with E-state index in [4.69, 9.17) is 5.73 Å². The highest BCUT2D eigenvalue weighted by molar-refractivity contribution is 5.95. The SMILES string of the molecule is Cc1ccccc1Nc1ncnc(NNC(=O)c2ccccc2F)c1N. The van der Waals surface area contributed by atoms with Crippen LogP contribution < -0.4 is 21.9 Å². The van der Waals surface area contributed by atoms with Gasteiger partial charge in [0.2, 0.25) is 0 Å². The summed E-state index contributed by atoms with van der Waals surface area (Å²) in [6, 6.07) is 13.3. The van der Waals surface area contributed by atoms with Crippen molar-refractivity contribution >= 4 is 28.9 Å². The quantitative estimate of drug-likeness (QED) is 0.526. The number of benzene rings is 2. The number of rotatable bonds is 5. The second kappa shape index (κ2) is 7.47. The van der Waals surface area contributed by atoms with Crippen LogP contribution in [0.2, 0.25) is 0 Å². The van der Waals surface area contributed by atoms with Crippen molar-refractivity contribution < 1.29 is 9.18 Å². The van der Waals surface area contributed by atoms with Gasteiger partial charge in [0, 0.05) is 5.69 Å². The van der Waals surface area contributed by atoms with E-state index in [1.807, 2.05) is 31.2 Å². The Balaban J connectivity index is 1.74. The molecule has 0 bridgehead atoms. The smallest absolute Gasteiger partial charge is 0.272 e. The van der Waals surface area contributed by atoms with Crippen LogP contribution in [0.25, 0.3) is 0 Å². The molecule has 1 heterocycles. The Morgan fingerprint density at radius 1 is 1.04 bits per heavy atom. The van der Waals surface area contributed by atoms with Crippen LogP contribution in [0.15, 0.2) is 54.9 Å². The van der Waals surface area contributed by atoms with Crippen molar-refractivity contribution in [3.05, 3.63) is 71.8 Å². The largest absolute Gasteiger partial charge is 0.393 e. The Bertz CT molecular complexity index is 946. The first kappa shape index (κ1) is 17.2. The van der Waals surface area contributed by atoms with Gasteiger partial charge in [-0.15, -0.1) is 0 Å². The van der Waals surface area contributed by atoms with E-state index in [1.165, 1.54) is 24.5 Å². The summed E-state index contributed by atoms with van der Waals surface area (Å²) in [4.78, 5) is 20.2. The number of hydrogen-bond donors (Lipinski definition) is 4. The average molecular weight is 352 g/mol. The molecule has 7 nitrogen and oxygen atoms in total. The molecule has 1 amide bonds. The fraction of sp³-hybridized carbons (Fsp3) is 0.0556. The molecule has 0 aliphatic heterocycles. The van der Waals surface area contributed by atoms with Crippen molar-refractivity contribution in [3.63, 3.8) is 0 Å². The van der Waals surface area contributed by atoms with Crippen molar-refractivity contribution in [2.75, 3.05) is 16.5 Å². The molecule has 0 atom stereocenters. The van der Waals surface area contributed by atoms with Crippen LogP contribution in [0, 0.1) is 12.7 Å². The van der Waals surface area contributed by atoms with Crippen LogP contribution in [0.1, 0.15) is 15.9 Å². The summed E-state index contributed by atoms with van der Waals surface area (Å²) in [5.74, 6) is -0.684. The molecule has 0 aliphatic rings. The lowest BCUT2D eigenvalue weighted by molar-refractivity contribution is 0.0958. The van der Waals surface area contributed by atoms with Crippen molar-refractivity contribution in [1.82, 2.24) is 15.4 Å². The number of hydrazine groups is 1. The molecular formula is C18H17FN6O. The predicted octanol–water partition coefficient (Wildman–Crippen LogP) is 3.01. The number of nitrogens with zero attached hydrogens (tertiary/aromatic N) is 2. The number of nitrogens with two attached hydrogens (primary N) is 1. The number of aryl methyl sites for hydroxylation is 1. The second-order valence-electron chi connectivity index (χ2n) is 5.48. The fourth-order valence-electron chi connectivity index (χ4n) is 2.26. The van der Waals surface area contributed by atoms with Gasteiger partial charge < -0.3 is 11.1 Å². The zero-order valence-corrected chi connectivity index (χ0v) is 14.0. The molecule has 0 radical (unpaired) electrons. The highest BCUT2D eigenvalue weighted by Gasteiger charge is 2.13. The first-order valence-corrected chi connectivity index (χ1v) is 7.80. The second-order valence-corrected chi connectivity index (χ2v) is 5.48. The molecule has 0 aliphatic carbocycles. The monoisotopic (exact) mass is 352 g/mol. The predicted molar refractivity (Wildman–Crippen MR) is 98.4 cm³/mol. The molecule has 5 N–H and O–H groups in total. The van der Waals surface area contributed by atoms with Gasteiger partial charge in [-0.2, -0.15) is 0 Å². The Hall–Kier alpha value is -3.68. The number of carbonyl (C=O) groups excluding carboxylic acids is 1. The van der Waals surface area contributed by atoms with Gasteiger partial charge in [0.1, 0.15) is 17.8 Å². The number of aromatic nitrogens is 2. The van der Waals surface area contributed by atoms with Gasteiger partial charge in [0.15, 0.2) is 11.6 Å². The van der Waals surface area contributed by atoms with Crippen molar-refractivity contribution in [2.45, 2.75) is 6.92 Å². The molecule has 0 spiro atoms. The first-order chi connectivity index (χ1) is 12.6. The lowest BCUT2D eigenvalue weighted by Gasteiger charge is -2.14. The van der Waals surface area contributed by atoms with Crippen molar-refractivity contribution in [1.29, 1.82) is 0 Å². The van der Waals surface area contributed by atoms with E-state index in [0.29, 0.717) is 5.82 Å². The molecule has 0 fully saturated rings. The van der Waals surface area contributed by atoms with E-state index in [2.05, 4.69) is 26.1 Å². The maximum Gasteiger partial charge on any atom is 0.272 e. The number of carbonyl (C=O) groups is 1. The zero-order valence-electron chi connectivity index (χ0n) is 14.0. The van der Waals surface area contributed by atoms with Crippen molar-refractivity contribution in [3.8, 4) is 0 Å². The number of hydrogen-bond acceptors (Lipinski definition) is 6. The number of halogens is 1. The number of nitrogens with one attached hydrogen (secondary N) is 3. The normalized spacial score (nSPS) is 10.2. The summed E-state index contributed by atoms with van der Waals surface area (Å²) in [7, 11) is 0. The number of nitrogen functional groups attached to an aromatic ring is 1. The highest BCUT2D eigenvalue weighted by atomic mass is 19.1. The molecule has 0 saturated carbocycles. The van der Waals surface area contributed by atoms with Gasteiger partial charge in [0.05, 0.1) is 5.56 Å². The van der Waals surface area contributed by atoms with Crippen molar-refractivity contribution in [2.24, 2.45) is 0 Å². The van der Waals surface area contributed by atoms with Gasteiger partial charge in [-0.3, -0.25) is 15.6 Å². The van der Waals surface area contributed by atoms with Crippen LogP contribution in [0.4, 0.5) is 27.4 Å². The molecular weight excluding hydrogens is 335 g/mol. The van der Waals surface area contributed by atoms with E-state index in [0.717, 1.165) is 11.3 Å². The first-order valence-electron chi connectivity index (χ1n) is 7.80. The Morgan fingerprint density at radius 2 is 1.73 bits per heavy atom. The molecule has 132 valence electrons. The Kier molecular flexibility index (Phi) is 4.93. The third-order valence-electron chi connectivity index (χ3n) is 3.69. The zero-order chi connectivity index (χ0) is 18.5. The van der Waals surface area contributed by atoms with Gasteiger partial charge >= 0.3 is 0 Å². The van der Waals surface area contributed by atoms with Gasteiger partial charge in [-0.25, -0.2) is 14.4 Å². The Morgan fingerprint density at radius 3 is 2.50 bits per heavy atom. The minimum absolute atomic E-state index is 0.0918. The Labute approximate surface area is 149 Å². The molecule has 3 rings (SSSR count). The number of amides is 1. The molecule has 1 aromatic heterocycles. The molecule has 2 aromatic carbocycles. The summed E-state index contributed by atoms with van der Waals surface area (Å²) >= 11 is 0. The third kappa shape index (κ3) is 3.69. The lowest BCUT2D eigenvalue weighted by Crippen LogP contribution is -2.31. The number of para-hydroxylation sites is 1. The maximum absolute atomic E-state index is 13.6. The van der Waals surface area contributed by atoms with Crippen LogP contribution in [-0.2, 0) is 0 Å². The summed E-state index contributed by atoms with van der Waals surface area (Å²) in [6.07, 6.45) is 1.30. The summed E-state index contributed by atoms with van der Waals surface area (Å²) in [5, 5.41) is 3.12. The summed E-state index contributed by atoms with van der Waals surface area (Å²) in [6.45, 7) is 1.95. The van der Waals surface area contributed by atoms with Crippen LogP contribution in [0.3, 0.4) is 0 Å². The minimum Gasteiger partial charge on any atom is -0.393 e. The molecule has 0 unspecified atom stereocenters. The standard InChI is InChI=1S/C18H17FN6O/c1-11-6-2-5-9-14(11)23-16-15(20)17(22-10-21-16)24-25-18(26)12-7-3-4-8-13(12)19/h2-10H,20H2,1H3,(H,25,26)(H2,21,22,23,24). The molecule has 26 heavy (non-hydrogen) atoms. The van der Waals surface area contributed by atoms with E-state index in [1.54, 1.807) is 6.07 Å². The number of anilines is 4.